The number of aliphatic hydroxyl groups excluding tert-OH is 1. The van der Waals surface area contributed by atoms with Gasteiger partial charge >= 0.3 is 0 Å². The highest BCUT2D eigenvalue weighted by Gasteiger charge is 2.23. The maximum atomic E-state index is 11.8. The van der Waals surface area contributed by atoms with E-state index in [0.29, 0.717) is 12.0 Å². The van der Waals surface area contributed by atoms with Gasteiger partial charge in [-0.3, -0.25) is 9.59 Å². The molecule has 2 amide bonds. The number of rotatable bonds is 6. The summed E-state index contributed by atoms with van der Waals surface area (Å²) in [5.41, 5.74) is -0.176. The molecule has 0 aromatic heterocycles. The second-order valence-electron chi connectivity index (χ2n) is 4.81. The summed E-state index contributed by atoms with van der Waals surface area (Å²) >= 11 is 3.28. The highest BCUT2D eigenvalue weighted by molar-refractivity contribution is 9.10. The molecule has 0 saturated heterocycles. The van der Waals surface area contributed by atoms with Gasteiger partial charge in [-0.2, -0.15) is 0 Å². The molecule has 1 aromatic carbocycles. The molecular formula is C14H19BrN2O3. The molecule has 1 unspecified atom stereocenters. The first-order valence-corrected chi connectivity index (χ1v) is 7.15. The van der Waals surface area contributed by atoms with Crippen molar-refractivity contribution in [3.63, 3.8) is 0 Å². The first kappa shape index (κ1) is 16.7. The SMILES string of the molecule is CCC(C)(CO)NC(=O)CNC(=O)c1cccc(Br)c1. The largest absolute Gasteiger partial charge is 0.394 e. The fourth-order valence-electron chi connectivity index (χ4n) is 1.51. The molecule has 0 aliphatic heterocycles. The van der Waals surface area contributed by atoms with Crippen LogP contribution in [0, 0.1) is 0 Å². The Hall–Kier alpha value is -1.40. The Morgan fingerprint density at radius 1 is 1.40 bits per heavy atom. The smallest absolute Gasteiger partial charge is 0.251 e. The lowest BCUT2D eigenvalue weighted by molar-refractivity contribution is -0.122. The van der Waals surface area contributed by atoms with Crippen LogP contribution < -0.4 is 10.6 Å². The van der Waals surface area contributed by atoms with Gasteiger partial charge in [0.05, 0.1) is 18.7 Å². The van der Waals surface area contributed by atoms with Crippen LogP contribution in [0.2, 0.25) is 0 Å². The Morgan fingerprint density at radius 3 is 2.65 bits per heavy atom. The topological polar surface area (TPSA) is 78.4 Å². The van der Waals surface area contributed by atoms with E-state index in [1.807, 2.05) is 13.0 Å². The van der Waals surface area contributed by atoms with Gasteiger partial charge < -0.3 is 15.7 Å². The standard InChI is InChI=1S/C14H19BrN2O3/c1-3-14(2,9-18)17-12(19)8-16-13(20)10-5-4-6-11(15)7-10/h4-7,18H,3,8-9H2,1-2H3,(H,16,20)(H,17,19). The van der Waals surface area contributed by atoms with E-state index in [4.69, 9.17) is 0 Å². The minimum absolute atomic E-state index is 0.124. The quantitative estimate of drug-likeness (QED) is 0.732. The molecule has 5 nitrogen and oxygen atoms in total. The van der Waals surface area contributed by atoms with Crippen LogP contribution in [0.15, 0.2) is 28.7 Å². The predicted octanol–water partition coefficient (Wildman–Crippen LogP) is 1.46. The average Bonchev–Trinajstić information content (AvgIpc) is 2.44. The molecule has 20 heavy (non-hydrogen) atoms. The third-order valence-corrected chi connectivity index (χ3v) is 3.56. The molecule has 0 heterocycles. The molecule has 0 radical (unpaired) electrons. The van der Waals surface area contributed by atoms with Crippen LogP contribution in [-0.4, -0.2) is 35.6 Å². The van der Waals surface area contributed by atoms with Gasteiger partial charge in [0.2, 0.25) is 5.91 Å². The maximum absolute atomic E-state index is 11.8. The number of hydrogen-bond donors (Lipinski definition) is 3. The Kier molecular flexibility index (Phi) is 6.16. The summed E-state index contributed by atoms with van der Waals surface area (Å²) in [4.78, 5) is 23.6. The third kappa shape index (κ3) is 4.94. The molecule has 6 heteroatoms. The molecule has 0 aliphatic carbocycles. The number of benzene rings is 1. The third-order valence-electron chi connectivity index (χ3n) is 3.07. The monoisotopic (exact) mass is 342 g/mol. The van der Waals surface area contributed by atoms with E-state index in [1.165, 1.54) is 0 Å². The van der Waals surface area contributed by atoms with Gasteiger partial charge in [-0.15, -0.1) is 0 Å². The van der Waals surface area contributed by atoms with Crippen LogP contribution in [-0.2, 0) is 4.79 Å². The van der Waals surface area contributed by atoms with Crippen LogP contribution in [0.4, 0.5) is 0 Å². The van der Waals surface area contributed by atoms with Gasteiger partial charge in [0.15, 0.2) is 0 Å². The van der Waals surface area contributed by atoms with Gasteiger partial charge in [0.25, 0.3) is 5.91 Å². The van der Waals surface area contributed by atoms with E-state index in [0.717, 1.165) is 4.47 Å². The van der Waals surface area contributed by atoms with Crippen molar-refractivity contribution >= 4 is 27.7 Å². The Morgan fingerprint density at radius 2 is 2.10 bits per heavy atom. The average molecular weight is 343 g/mol. The van der Waals surface area contributed by atoms with E-state index < -0.39 is 5.54 Å². The number of aliphatic hydroxyl groups is 1. The van der Waals surface area contributed by atoms with Gasteiger partial charge in [0, 0.05) is 10.0 Å². The highest BCUT2D eigenvalue weighted by Crippen LogP contribution is 2.11. The van der Waals surface area contributed by atoms with Crippen molar-refractivity contribution in [1.82, 2.24) is 10.6 Å². The summed E-state index contributed by atoms with van der Waals surface area (Å²) < 4.78 is 0.799. The number of nitrogens with one attached hydrogen (secondary N) is 2. The van der Waals surface area contributed by atoms with Gasteiger partial charge in [0.1, 0.15) is 0 Å². The van der Waals surface area contributed by atoms with Crippen LogP contribution in [0.5, 0.6) is 0 Å². The van der Waals surface area contributed by atoms with Crippen LogP contribution in [0.25, 0.3) is 0 Å². The van der Waals surface area contributed by atoms with Gasteiger partial charge in [-0.1, -0.05) is 28.9 Å². The summed E-state index contributed by atoms with van der Waals surface area (Å²) in [5.74, 6) is -0.643. The van der Waals surface area contributed by atoms with Crippen LogP contribution in [0.1, 0.15) is 30.6 Å². The van der Waals surface area contributed by atoms with Crippen molar-refractivity contribution in [2.24, 2.45) is 0 Å². The minimum Gasteiger partial charge on any atom is -0.394 e. The van der Waals surface area contributed by atoms with Gasteiger partial charge in [-0.25, -0.2) is 0 Å². The first-order valence-electron chi connectivity index (χ1n) is 6.36. The Balaban J connectivity index is 2.51. The molecule has 0 fully saturated rings. The molecule has 1 atom stereocenters. The summed E-state index contributed by atoms with van der Waals surface area (Å²) in [6.07, 6.45) is 0.606. The molecule has 3 N–H and O–H groups in total. The lowest BCUT2D eigenvalue weighted by Gasteiger charge is -2.27. The number of carbonyl (C=O) groups is 2. The second kappa shape index (κ2) is 7.40. The zero-order chi connectivity index (χ0) is 15.2. The van der Waals surface area contributed by atoms with E-state index in [1.54, 1.807) is 25.1 Å². The molecule has 1 aromatic rings. The van der Waals surface area contributed by atoms with Gasteiger partial charge in [-0.05, 0) is 31.5 Å². The fourth-order valence-corrected chi connectivity index (χ4v) is 1.91. The fraction of sp³-hybridized carbons (Fsp3) is 0.429. The molecular weight excluding hydrogens is 324 g/mol. The molecule has 1 rings (SSSR count). The molecule has 110 valence electrons. The zero-order valence-electron chi connectivity index (χ0n) is 11.6. The van der Waals surface area contributed by atoms with Crippen LogP contribution in [0.3, 0.4) is 0 Å². The normalized spacial score (nSPS) is 13.4. The van der Waals surface area contributed by atoms with Crippen molar-refractivity contribution in [3.05, 3.63) is 34.3 Å². The highest BCUT2D eigenvalue weighted by atomic mass is 79.9. The molecule has 0 saturated carbocycles. The van der Waals surface area contributed by atoms with E-state index >= 15 is 0 Å². The summed E-state index contributed by atoms with van der Waals surface area (Å²) in [5, 5.41) is 14.5. The van der Waals surface area contributed by atoms with Crippen molar-refractivity contribution in [1.29, 1.82) is 0 Å². The first-order chi connectivity index (χ1) is 9.40. The summed E-state index contributed by atoms with van der Waals surface area (Å²) in [6.45, 7) is 3.35. The van der Waals surface area contributed by atoms with Crippen molar-refractivity contribution in [2.75, 3.05) is 13.2 Å². The lowest BCUT2D eigenvalue weighted by atomic mass is 10.0. The predicted molar refractivity (Wildman–Crippen MR) is 80.4 cm³/mol. The zero-order valence-corrected chi connectivity index (χ0v) is 13.2. The Labute approximate surface area is 126 Å². The molecule has 0 spiro atoms. The van der Waals surface area contributed by atoms with Crippen molar-refractivity contribution in [3.8, 4) is 0 Å². The number of amides is 2. The number of carbonyl (C=O) groups excluding carboxylic acids is 2. The van der Waals surface area contributed by atoms with Crippen LogP contribution >= 0.6 is 15.9 Å². The van der Waals surface area contributed by atoms with E-state index in [-0.39, 0.29) is 25.0 Å². The second-order valence-corrected chi connectivity index (χ2v) is 5.73. The van der Waals surface area contributed by atoms with Crippen molar-refractivity contribution in [2.45, 2.75) is 25.8 Å². The number of halogens is 1. The maximum Gasteiger partial charge on any atom is 0.251 e. The van der Waals surface area contributed by atoms with Crippen molar-refractivity contribution < 1.29 is 14.7 Å². The summed E-state index contributed by atoms with van der Waals surface area (Å²) in [7, 11) is 0. The summed E-state index contributed by atoms with van der Waals surface area (Å²) in [6, 6.07) is 6.91. The van der Waals surface area contributed by atoms with E-state index in [9.17, 15) is 14.7 Å². The molecule has 0 aliphatic rings. The number of hydrogen-bond acceptors (Lipinski definition) is 3. The van der Waals surface area contributed by atoms with E-state index in [2.05, 4.69) is 26.6 Å². The molecule has 0 bridgehead atoms. The lowest BCUT2D eigenvalue weighted by Crippen LogP contribution is -2.51. The Bertz CT molecular complexity index is 487. The minimum atomic E-state index is -0.655.